The molecule has 0 unspecified atom stereocenters. The number of hydrogen-bond acceptors (Lipinski definition) is 3. The molecule has 2 N–H and O–H groups in total. The van der Waals surface area contributed by atoms with Gasteiger partial charge >= 0.3 is 0 Å². The second-order valence-electron chi connectivity index (χ2n) is 4.38. The van der Waals surface area contributed by atoms with E-state index in [-0.39, 0.29) is 0 Å². The quantitative estimate of drug-likeness (QED) is 0.687. The molecule has 3 nitrogen and oxygen atoms in total. The molecule has 0 fully saturated rings. The van der Waals surface area contributed by atoms with Crippen LogP contribution in [0.5, 0.6) is 0 Å². The Morgan fingerprint density at radius 1 is 1.10 bits per heavy atom. The molecule has 0 spiro atoms. The summed E-state index contributed by atoms with van der Waals surface area (Å²) >= 11 is 6.92. The van der Waals surface area contributed by atoms with Crippen molar-refractivity contribution in [3.05, 3.63) is 53.5 Å². The van der Waals surface area contributed by atoms with Crippen molar-refractivity contribution in [1.29, 1.82) is 0 Å². The average Bonchev–Trinajstić information content (AvgIpc) is 2.84. The number of rotatable bonds is 2. The van der Waals surface area contributed by atoms with E-state index in [1.54, 1.807) is 11.3 Å². The van der Waals surface area contributed by atoms with Crippen LogP contribution in [0.1, 0.15) is 4.88 Å². The van der Waals surface area contributed by atoms with Gasteiger partial charge in [-0.05, 0) is 30.6 Å². The molecule has 1 aromatic heterocycles. The van der Waals surface area contributed by atoms with Crippen LogP contribution in [0.4, 0.5) is 10.8 Å². The second kappa shape index (κ2) is 5.56. The van der Waals surface area contributed by atoms with Gasteiger partial charge in [0, 0.05) is 22.1 Å². The number of anilines is 2. The number of benzene rings is 2. The first kappa shape index (κ1) is 13.0. The zero-order chi connectivity index (χ0) is 13.9. The summed E-state index contributed by atoms with van der Waals surface area (Å²) in [6, 6.07) is 14.3. The molecule has 0 amide bonds. The van der Waals surface area contributed by atoms with Gasteiger partial charge in [-0.3, -0.25) is 0 Å². The molecule has 0 atom stereocenters. The zero-order valence-corrected chi connectivity index (χ0v) is 12.5. The third-order valence-electron chi connectivity index (χ3n) is 2.88. The van der Waals surface area contributed by atoms with Gasteiger partial charge in [-0.15, -0.1) is 11.3 Å². The van der Waals surface area contributed by atoms with Gasteiger partial charge in [0.2, 0.25) is 0 Å². The third-order valence-corrected chi connectivity index (χ3v) is 3.91. The van der Waals surface area contributed by atoms with Gasteiger partial charge in [0.25, 0.3) is 0 Å². The SMILES string of the molecule is Cc1cnc(NC(=S)Nc2cccc3ccccc23)s1. The fourth-order valence-corrected chi connectivity index (χ4v) is 2.94. The lowest BCUT2D eigenvalue weighted by atomic mass is 10.1. The maximum atomic E-state index is 5.33. The Balaban J connectivity index is 1.81. The molecule has 0 saturated carbocycles. The van der Waals surface area contributed by atoms with Gasteiger partial charge in [0.1, 0.15) is 0 Å². The Kier molecular flexibility index (Phi) is 3.62. The highest BCUT2D eigenvalue weighted by molar-refractivity contribution is 7.80. The highest BCUT2D eigenvalue weighted by Crippen LogP contribution is 2.23. The first-order valence-electron chi connectivity index (χ1n) is 6.20. The van der Waals surface area contributed by atoms with E-state index in [4.69, 9.17) is 12.2 Å². The van der Waals surface area contributed by atoms with Gasteiger partial charge in [-0.2, -0.15) is 0 Å². The minimum absolute atomic E-state index is 0.552. The molecule has 100 valence electrons. The van der Waals surface area contributed by atoms with E-state index in [0.29, 0.717) is 5.11 Å². The Hall–Kier alpha value is -1.98. The van der Waals surface area contributed by atoms with Crippen molar-refractivity contribution >= 4 is 50.3 Å². The van der Waals surface area contributed by atoms with Crippen LogP contribution < -0.4 is 10.6 Å². The molecule has 0 aliphatic carbocycles. The van der Waals surface area contributed by atoms with E-state index in [9.17, 15) is 0 Å². The number of thiazole rings is 1. The van der Waals surface area contributed by atoms with Crippen LogP contribution in [0.15, 0.2) is 48.7 Å². The fourth-order valence-electron chi connectivity index (χ4n) is 2.00. The van der Waals surface area contributed by atoms with Crippen LogP contribution in [0.3, 0.4) is 0 Å². The third kappa shape index (κ3) is 2.79. The number of hydrogen-bond donors (Lipinski definition) is 2. The molecule has 0 saturated heterocycles. The molecule has 3 aromatic rings. The smallest absolute Gasteiger partial charge is 0.189 e. The fraction of sp³-hybridized carbons (Fsp3) is 0.0667. The number of aryl methyl sites for hydroxylation is 1. The molecule has 0 bridgehead atoms. The summed E-state index contributed by atoms with van der Waals surface area (Å²) in [5.74, 6) is 0. The van der Waals surface area contributed by atoms with Crippen LogP contribution in [0, 0.1) is 6.92 Å². The van der Waals surface area contributed by atoms with Gasteiger partial charge in [-0.25, -0.2) is 4.98 Å². The van der Waals surface area contributed by atoms with Crippen LogP contribution in [-0.4, -0.2) is 10.1 Å². The Bertz CT molecular complexity index is 759. The van der Waals surface area contributed by atoms with Gasteiger partial charge < -0.3 is 10.6 Å². The van der Waals surface area contributed by atoms with Crippen molar-refractivity contribution < 1.29 is 0 Å². The van der Waals surface area contributed by atoms with Gasteiger partial charge in [0.05, 0.1) is 0 Å². The standard InChI is InChI=1S/C15H13N3S2/c1-10-9-16-15(20-10)18-14(19)17-13-8-4-6-11-5-2-3-7-12(11)13/h2-9H,1H3,(H2,16,17,18,19). The minimum Gasteiger partial charge on any atom is -0.332 e. The first-order chi connectivity index (χ1) is 9.72. The van der Waals surface area contributed by atoms with Crippen LogP contribution >= 0.6 is 23.6 Å². The van der Waals surface area contributed by atoms with Gasteiger partial charge in [-0.1, -0.05) is 36.4 Å². The average molecular weight is 299 g/mol. The van der Waals surface area contributed by atoms with Crippen molar-refractivity contribution in [2.75, 3.05) is 10.6 Å². The van der Waals surface area contributed by atoms with E-state index in [2.05, 4.69) is 33.8 Å². The molecular formula is C15H13N3S2. The lowest BCUT2D eigenvalue weighted by Crippen LogP contribution is -2.19. The number of aromatic nitrogens is 1. The molecule has 1 heterocycles. The first-order valence-corrected chi connectivity index (χ1v) is 7.43. The summed E-state index contributed by atoms with van der Waals surface area (Å²) in [6.07, 6.45) is 1.83. The normalized spacial score (nSPS) is 10.4. The molecule has 20 heavy (non-hydrogen) atoms. The lowest BCUT2D eigenvalue weighted by Gasteiger charge is -2.11. The summed E-state index contributed by atoms with van der Waals surface area (Å²) in [6.45, 7) is 2.02. The van der Waals surface area contributed by atoms with E-state index < -0.39 is 0 Å². The predicted molar refractivity (Wildman–Crippen MR) is 90.6 cm³/mol. The van der Waals surface area contributed by atoms with E-state index >= 15 is 0 Å². The predicted octanol–water partition coefficient (Wildman–Crippen LogP) is 4.41. The second-order valence-corrected chi connectivity index (χ2v) is 6.02. The van der Waals surface area contributed by atoms with E-state index in [1.807, 2.05) is 37.4 Å². The number of nitrogens with one attached hydrogen (secondary N) is 2. The maximum Gasteiger partial charge on any atom is 0.189 e. The Labute approximate surface area is 126 Å². The minimum atomic E-state index is 0.552. The van der Waals surface area contributed by atoms with Crippen LogP contribution in [0.2, 0.25) is 0 Å². The summed E-state index contributed by atoms with van der Waals surface area (Å²) in [5.41, 5.74) is 0.994. The molecule has 0 aliphatic heterocycles. The maximum absolute atomic E-state index is 5.33. The summed E-state index contributed by atoms with van der Waals surface area (Å²) in [4.78, 5) is 5.39. The molecule has 5 heteroatoms. The van der Waals surface area contributed by atoms with Crippen molar-refractivity contribution in [1.82, 2.24) is 4.98 Å². The Morgan fingerprint density at radius 3 is 2.70 bits per heavy atom. The number of thiocarbonyl (C=S) groups is 1. The summed E-state index contributed by atoms with van der Waals surface area (Å²) in [5, 5.41) is 10.0. The number of nitrogens with zero attached hydrogens (tertiary/aromatic N) is 1. The van der Waals surface area contributed by atoms with Crippen molar-refractivity contribution in [2.24, 2.45) is 0 Å². The number of fused-ring (bicyclic) bond motifs is 1. The van der Waals surface area contributed by atoms with E-state index in [0.717, 1.165) is 21.1 Å². The summed E-state index contributed by atoms with van der Waals surface area (Å²) in [7, 11) is 0. The van der Waals surface area contributed by atoms with Crippen molar-refractivity contribution in [3.8, 4) is 0 Å². The van der Waals surface area contributed by atoms with Crippen LogP contribution in [-0.2, 0) is 0 Å². The monoisotopic (exact) mass is 299 g/mol. The molecule has 0 aliphatic rings. The topological polar surface area (TPSA) is 37.0 Å². The van der Waals surface area contributed by atoms with Crippen molar-refractivity contribution in [3.63, 3.8) is 0 Å². The lowest BCUT2D eigenvalue weighted by molar-refractivity contribution is 1.38. The molecule has 0 radical (unpaired) electrons. The van der Waals surface area contributed by atoms with Crippen LogP contribution in [0.25, 0.3) is 10.8 Å². The Morgan fingerprint density at radius 2 is 1.90 bits per heavy atom. The zero-order valence-electron chi connectivity index (χ0n) is 10.9. The largest absolute Gasteiger partial charge is 0.332 e. The van der Waals surface area contributed by atoms with Gasteiger partial charge in [0.15, 0.2) is 10.2 Å². The molecule has 3 rings (SSSR count). The molecule has 2 aromatic carbocycles. The van der Waals surface area contributed by atoms with Crippen molar-refractivity contribution in [2.45, 2.75) is 6.92 Å². The molecular weight excluding hydrogens is 286 g/mol. The van der Waals surface area contributed by atoms with E-state index in [1.165, 1.54) is 5.39 Å². The highest BCUT2D eigenvalue weighted by atomic mass is 32.1. The summed E-state index contributed by atoms with van der Waals surface area (Å²) < 4.78 is 0. The highest BCUT2D eigenvalue weighted by Gasteiger charge is 2.04.